The van der Waals surface area contributed by atoms with Gasteiger partial charge in [0.15, 0.2) is 0 Å². The first-order valence-electron chi connectivity index (χ1n) is 9.48. The maximum atomic E-state index is 12.9. The van der Waals surface area contributed by atoms with Gasteiger partial charge in [-0.1, -0.05) is 24.3 Å². The van der Waals surface area contributed by atoms with Gasteiger partial charge in [-0.25, -0.2) is 0 Å². The fourth-order valence-electron chi connectivity index (χ4n) is 3.86. The number of likely N-dealkylation sites (tertiary alicyclic amines) is 1. The Kier molecular flexibility index (Phi) is 4.44. The number of thiophene rings is 1. The molecular formula is C21H20N4O2S. The molecule has 3 aromatic heterocycles. The van der Waals surface area contributed by atoms with Crippen LogP contribution in [-0.2, 0) is 11.2 Å². The van der Waals surface area contributed by atoms with E-state index in [-0.39, 0.29) is 11.8 Å². The van der Waals surface area contributed by atoms with Gasteiger partial charge in [-0.15, -0.1) is 21.5 Å². The summed E-state index contributed by atoms with van der Waals surface area (Å²) in [5, 5.41) is 11.5. The van der Waals surface area contributed by atoms with E-state index in [1.54, 1.807) is 11.3 Å². The lowest BCUT2D eigenvalue weighted by Gasteiger charge is -2.31. The Morgan fingerprint density at radius 3 is 3.07 bits per heavy atom. The maximum absolute atomic E-state index is 12.9. The number of carbonyl (C=O) groups is 1. The van der Waals surface area contributed by atoms with Crippen molar-refractivity contribution in [1.82, 2.24) is 20.1 Å². The molecule has 28 heavy (non-hydrogen) atoms. The molecule has 0 spiro atoms. The van der Waals surface area contributed by atoms with Gasteiger partial charge in [-0.2, -0.15) is 0 Å². The van der Waals surface area contributed by atoms with Gasteiger partial charge in [0.1, 0.15) is 0 Å². The fourth-order valence-corrected chi connectivity index (χ4v) is 4.50. The Bertz CT molecular complexity index is 1100. The average molecular weight is 392 g/mol. The smallest absolute Gasteiger partial charge is 0.257 e. The molecule has 1 aliphatic rings. The summed E-state index contributed by atoms with van der Waals surface area (Å²) in [6, 6.07) is 12.0. The number of H-pyrrole nitrogens is 1. The minimum Gasteiger partial charge on any atom is -0.420 e. The second-order valence-electron chi connectivity index (χ2n) is 7.14. The second kappa shape index (κ2) is 7.24. The Labute approximate surface area is 166 Å². The monoisotopic (exact) mass is 392 g/mol. The molecule has 0 radical (unpaired) electrons. The number of carbonyl (C=O) groups excluding carboxylic acids is 1. The van der Waals surface area contributed by atoms with Crippen LogP contribution in [0.1, 0.15) is 30.2 Å². The molecule has 1 N–H and O–H groups in total. The number of aromatic nitrogens is 3. The number of hydrogen-bond acceptors (Lipinski definition) is 5. The van der Waals surface area contributed by atoms with E-state index in [0.717, 1.165) is 40.7 Å². The molecule has 1 amide bonds. The minimum absolute atomic E-state index is 0.0990. The first kappa shape index (κ1) is 17.2. The van der Waals surface area contributed by atoms with Crippen molar-refractivity contribution in [1.29, 1.82) is 0 Å². The number of amides is 1. The summed E-state index contributed by atoms with van der Waals surface area (Å²) in [4.78, 5) is 19.1. The van der Waals surface area contributed by atoms with Gasteiger partial charge < -0.3 is 14.3 Å². The average Bonchev–Trinajstić information content (AvgIpc) is 3.49. The number of fused-ring (bicyclic) bond motifs is 1. The zero-order chi connectivity index (χ0) is 18.9. The van der Waals surface area contributed by atoms with Crippen LogP contribution in [0.5, 0.6) is 0 Å². The summed E-state index contributed by atoms with van der Waals surface area (Å²) < 4.78 is 5.90. The number of benzene rings is 1. The van der Waals surface area contributed by atoms with Crippen molar-refractivity contribution in [2.24, 2.45) is 0 Å². The number of rotatable bonds is 4. The second-order valence-corrected chi connectivity index (χ2v) is 8.09. The van der Waals surface area contributed by atoms with Crippen LogP contribution < -0.4 is 0 Å². The van der Waals surface area contributed by atoms with Gasteiger partial charge in [-0.05, 0) is 35.9 Å². The quantitative estimate of drug-likeness (QED) is 0.564. The van der Waals surface area contributed by atoms with E-state index in [1.165, 1.54) is 0 Å². The molecule has 5 rings (SSSR count). The van der Waals surface area contributed by atoms with Crippen molar-refractivity contribution < 1.29 is 9.21 Å². The maximum Gasteiger partial charge on any atom is 0.257 e. The number of aromatic amines is 1. The summed E-state index contributed by atoms with van der Waals surface area (Å²) in [6.07, 6.45) is 4.25. The van der Waals surface area contributed by atoms with E-state index in [0.29, 0.717) is 24.7 Å². The molecule has 0 aliphatic carbocycles. The first-order valence-corrected chi connectivity index (χ1v) is 10.4. The predicted molar refractivity (Wildman–Crippen MR) is 108 cm³/mol. The van der Waals surface area contributed by atoms with Crippen LogP contribution in [0.15, 0.2) is 52.4 Å². The lowest BCUT2D eigenvalue weighted by atomic mass is 9.97. The number of piperidine rings is 1. The van der Waals surface area contributed by atoms with Gasteiger partial charge in [0.05, 0.1) is 17.2 Å². The van der Waals surface area contributed by atoms with Gasteiger partial charge in [-0.3, -0.25) is 4.79 Å². The lowest BCUT2D eigenvalue weighted by molar-refractivity contribution is -0.131. The number of nitrogens with zero attached hydrogens (tertiary/aromatic N) is 3. The van der Waals surface area contributed by atoms with Crippen molar-refractivity contribution >= 4 is 28.1 Å². The summed E-state index contributed by atoms with van der Waals surface area (Å²) in [6.45, 7) is 1.41. The van der Waals surface area contributed by atoms with Crippen LogP contribution in [0.25, 0.3) is 21.7 Å². The molecule has 1 saturated heterocycles. The number of hydrogen-bond donors (Lipinski definition) is 1. The predicted octanol–water partition coefficient (Wildman–Crippen LogP) is 4.23. The van der Waals surface area contributed by atoms with Crippen molar-refractivity contribution in [3.8, 4) is 10.8 Å². The first-order chi connectivity index (χ1) is 13.8. The molecule has 4 aromatic rings. The van der Waals surface area contributed by atoms with Crippen LogP contribution in [0.3, 0.4) is 0 Å². The van der Waals surface area contributed by atoms with E-state index in [1.807, 2.05) is 46.8 Å². The van der Waals surface area contributed by atoms with Gasteiger partial charge in [0.2, 0.25) is 11.8 Å². The molecule has 6 nitrogen and oxygen atoms in total. The van der Waals surface area contributed by atoms with Crippen LogP contribution in [0, 0.1) is 0 Å². The normalized spacial score (nSPS) is 17.3. The fraction of sp³-hybridized carbons (Fsp3) is 0.286. The third-order valence-electron chi connectivity index (χ3n) is 5.31. The zero-order valence-electron chi connectivity index (χ0n) is 15.3. The summed E-state index contributed by atoms with van der Waals surface area (Å²) >= 11 is 1.58. The van der Waals surface area contributed by atoms with E-state index in [9.17, 15) is 4.79 Å². The van der Waals surface area contributed by atoms with Gasteiger partial charge in [0.25, 0.3) is 5.89 Å². The van der Waals surface area contributed by atoms with Crippen molar-refractivity contribution in [3.63, 3.8) is 0 Å². The molecule has 1 fully saturated rings. The van der Waals surface area contributed by atoms with Crippen LogP contribution in [0.4, 0.5) is 0 Å². The van der Waals surface area contributed by atoms with Crippen LogP contribution >= 0.6 is 11.3 Å². The van der Waals surface area contributed by atoms with E-state index in [4.69, 9.17) is 4.42 Å². The number of para-hydroxylation sites is 1. The highest BCUT2D eigenvalue weighted by atomic mass is 32.1. The largest absolute Gasteiger partial charge is 0.420 e. The highest BCUT2D eigenvalue weighted by Gasteiger charge is 2.29. The summed E-state index contributed by atoms with van der Waals surface area (Å²) in [5.41, 5.74) is 2.11. The standard InChI is InChI=1S/C21H20N4O2S/c26-19(11-15-12-22-17-7-2-1-6-16(15)17)25-9-3-5-14(13-25)20-23-24-21(27-20)18-8-4-10-28-18/h1-2,4,6-8,10,12,14,22H,3,5,9,11,13H2/t14-/m0/s1. The van der Waals surface area contributed by atoms with Crippen LogP contribution in [0.2, 0.25) is 0 Å². The topological polar surface area (TPSA) is 75.0 Å². The molecule has 0 unspecified atom stereocenters. The molecule has 7 heteroatoms. The van der Waals surface area contributed by atoms with Crippen molar-refractivity contribution in [2.45, 2.75) is 25.2 Å². The van der Waals surface area contributed by atoms with Gasteiger partial charge >= 0.3 is 0 Å². The molecule has 1 atom stereocenters. The molecule has 1 aromatic carbocycles. The zero-order valence-corrected chi connectivity index (χ0v) is 16.1. The third-order valence-corrected chi connectivity index (χ3v) is 6.17. The third kappa shape index (κ3) is 3.22. The molecule has 0 saturated carbocycles. The summed E-state index contributed by atoms with van der Waals surface area (Å²) in [7, 11) is 0. The molecular weight excluding hydrogens is 372 g/mol. The summed E-state index contributed by atoms with van der Waals surface area (Å²) in [5.74, 6) is 1.44. The Morgan fingerprint density at radius 2 is 2.18 bits per heavy atom. The van der Waals surface area contributed by atoms with Crippen LogP contribution in [-0.4, -0.2) is 39.1 Å². The number of nitrogens with one attached hydrogen (secondary N) is 1. The van der Waals surface area contributed by atoms with Crippen molar-refractivity contribution in [3.05, 3.63) is 59.4 Å². The highest BCUT2D eigenvalue weighted by molar-refractivity contribution is 7.13. The molecule has 142 valence electrons. The lowest BCUT2D eigenvalue weighted by Crippen LogP contribution is -2.40. The Balaban J connectivity index is 1.29. The SMILES string of the molecule is O=C(Cc1c[nH]c2ccccc12)N1CCC[C@H](c2nnc(-c3cccs3)o2)C1. The molecule has 1 aliphatic heterocycles. The van der Waals surface area contributed by atoms with E-state index < -0.39 is 0 Å². The minimum atomic E-state index is 0.0990. The van der Waals surface area contributed by atoms with Crippen molar-refractivity contribution in [2.75, 3.05) is 13.1 Å². The molecule has 0 bridgehead atoms. The highest BCUT2D eigenvalue weighted by Crippen LogP contribution is 2.30. The van der Waals surface area contributed by atoms with E-state index >= 15 is 0 Å². The van der Waals surface area contributed by atoms with Gasteiger partial charge in [0, 0.05) is 30.2 Å². The Morgan fingerprint density at radius 1 is 1.25 bits per heavy atom. The van der Waals surface area contributed by atoms with E-state index in [2.05, 4.69) is 21.2 Å². The molecule has 4 heterocycles. The Hall–Kier alpha value is -2.93.